The number of nitrogens with zero attached hydrogens (tertiary/aromatic N) is 3. The predicted octanol–water partition coefficient (Wildman–Crippen LogP) is 1.88. The average Bonchev–Trinajstić information content (AvgIpc) is 3.67. The van der Waals surface area contributed by atoms with Gasteiger partial charge in [-0.05, 0) is 56.5 Å². The molecule has 3 aliphatic rings. The molecule has 3 amide bonds. The number of hydrogen-bond donors (Lipinski definition) is 8. The van der Waals surface area contributed by atoms with E-state index in [9.17, 15) is 24.3 Å². The molecule has 0 bridgehead atoms. The molecule has 0 radical (unpaired) electrons. The van der Waals surface area contributed by atoms with Gasteiger partial charge in [-0.15, -0.1) is 0 Å². The van der Waals surface area contributed by atoms with Crippen LogP contribution < -0.4 is 15.5 Å². The van der Waals surface area contributed by atoms with Gasteiger partial charge in [0, 0.05) is 29.6 Å². The first-order chi connectivity index (χ1) is 25.4. The summed E-state index contributed by atoms with van der Waals surface area (Å²) in [7, 11) is 1.57. The summed E-state index contributed by atoms with van der Waals surface area (Å²) in [5, 5.41) is 65.4. The third-order valence-electron chi connectivity index (χ3n) is 9.87. The lowest BCUT2D eigenvalue weighted by Crippen LogP contribution is -2.48. The lowest BCUT2D eigenvalue weighted by molar-refractivity contribution is -0.136. The molecule has 0 unspecified atom stereocenters. The largest absolute Gasteiger partial charge is 0.481 e. The Hall–Kier alpha value is -4.25. The van der Waals surface area contributed by atoms with Gasteiger partial charge >= 0.3 is 12.0 Å². The lowest BCUT2D eigenvalue weighted by Gasteiger charge is -2.26. The number of hydrogen-bond acceptors (Lipinski definition) is 11. The van der Waals surface area contributed by atoms with E-state index in [0.29, 0.717) is 16.9 Å². The molecule has 0 spiro atoms. The fourth-order valence-corrected chi connectivity index (χ4v) is 7.02. The summed E-state index contributed by atoms with van der Waals surface area (Å²) in [6.45, 7) is -0.954. The van der Waals surface area contributed by atoms with Crippen molar-refractivity contribution in [2.75, 3.05) is 43.5 Å². The molecule has 2 fully saturated rings. The Labute approximate surface area is 309 Å². The van der Waals surface area contributed by atoms with Gasteiger partial charge in [-0.2, -0.15) is 5.10 Å². The van der Waals surface area contributed by atoms with Crippen LogP contribution in [0.1, 0.15) is 68.9 Å². The van der Waals surface area contributed by atoms with Crippen molar-refractivity contribution in [2.24, 2.45) is 16.9 Å². The van der Waals surface area contributed by atoms with Crippen LogP contribution in [0.15, 0.2) is 53.6 Å². The van der Waals surface area contributed by atoms with E-state index >= 15 is 0 Å². The van der Waals surface area contributed by atoms with E-state index in [2.05, 4.69) is 10.6 Å². The molecule has 1 aliphatic heterocycles. The second-order valence-electron chi connectivity index (χ2n) is 13.9. The Kier molecular flexibility index (Phi) is 15.9. The Morgan fingerprint density at radius 1 is 0.868 bits per heavy atom. The molecule has 2 aromatic carbocycles. The van der Waals surface area contributed by atoms with Crippen molar-refractivity contribution >= 4 is 40.8 Å². The van der Waals surface area contributed by atoms with E-state index in [4.69, 9.17) is 30.6 Å². The first kappa shape index (κ1) is 41.5. The maximum absolute atomic E-state index is 14.0. The van der Waals surface area contributed by atoms with Crippen LogP contribution in [0.4, 0.5) is 16.2 Å². The normalized spacial score (nSPS) is 18.8. The second-order valence-corrected chi connectivity index (χ2v) is 13.9. The lowest BCUT2D eigenvalue weighted by atomic mass is 9.83. The number of fused-ring (bicyclic) bond motifs is 1. The number of para-hydroxylation sites is 1. The standard InChI is InChI=1S/C31H36N4O5.C7H17NO5/c36-27(22-10-4-5-11-22)19-34-26-16-7-6-15-25(26)30(23-12-2-1-3-13-23)33-35(31(34)40)20-28(37)32-24-14-8-9-21(17-24)18-29(38)39;1-8-2-4(10)6(12)7(13)5(11)3-9/h6-9,14-17,22-23H,1-5,10-13,18-20H2,(H,32,37)(H,38,39);4-13H,2-3H2,1H3/t;4-,5+,6+,7+/m.0/s1. The third-order valence-corrected chi connectivity index (χ3v) is 9.87. The molecule has 1 heterocycles. The fourth-order valence-electron chi connectivity index (χ4n) is 7.02. The van der Waals surface area contributed by atoms with E-state index in [1.54, 1.807) is 31.3 Å². The summed E-state index contributed by atoms with van der Waals surface area (Å²) in [4.78, 5) is 53.1. The van der Waals surface area contributed by atoms with Crippen molar-refractivity contribution in [3.8, 4) is 0 Å². The zero-order valence-corrected chi connectivity index (χ0v) is 30.1. The van der Waals surface area contributed by atoms with Gasteiger partial charge in [0.05, 0.1) is 37.1 Å². The number of carboxylic acid groups (broad SMARTS) is 1. The number of likely N-dealkylation sites (N-methyl/N-ethyl adjacent to an activating group) is 1. The van der Waals surface area contributed by atoms with Crippen LogP contribution in [0.3, 0.4) is 0 Å². The quantitative estimate of drug-likeness (QED) is 0.131. The highest BCUT2D eigenvalue weighted by Crippen LogP contribution is 2.35. The minimum atomic E-state index is -1.55. The Morgan fingerprint density at radius 2 is 1.53 bits per heavy atom. The number of benzene rings is 2. The van der Waals surface area contributed by atoms with Gasteiger partial charge in [-0.1, -0.05) is 62.4 Å². The van der Waals surface area contributed by atoms with Crippen molar-refractivity contribution in [2.45, 2.75) is 88.6 Å². The number of aliphatic hydroxyl groups excluding tert-OH is 5. The summed E-state index contributed by atoms with van der Waals surface area (Å²) < 4.78 is 0. The van der Waals surface area contributed by atoms with Crippen molar-refractivity contribution < 1.29 is 49.8 Å². The summed E-state index contributed by atoms with van der Waals surface area (Å²) >= 11 is 0. The van der Waals surface area contributed by atoms with Crippen molar-refractivity contribution in [3.63, 3.8) is 0 Å². The highest BCUT2D eigenvalue weighted by molar-refractivity contribution is 6.13. The van der Waals surface area contributed by atoms with Gasteiger partial charge in [0.2, 0.25) is 5.91 Å². The van der Waals surface area contributed by atoms with E-state index in [0.717, 1.165) is 62.6 Å². The number of Topliss-reactive ketones (excluding diaryl/α,β-unsaturated/α-hetero) is 1. The Bertz CT molecular complexity index is 1580. The smallest absolute Gasteiger partial charge is 0.345 e. The number of carbonyl (C=O) groups excluding carboxylic acids is 3. The zero-order chi connectivity index (χ0) is 38.5. The number of aliphatic carboxylic acids is 1. The van der Waals surface area contributed by atoms with E-state index < -0.39 is 48.9 Å². The first-order valence-corrected chi connectivity index (χ1v) is 18.3. The van der Waals surface area contributed by atoms with Crippen LogP contribution >= 0.6 is 0 Å². The van der Waals surface area contributed by atoms with Crippen molar-refractivity contribution in [1.82, 2.24) is 10.3 Å². The van der Waals surface area contributed by atoms with E-state index in [1.807, 2.05) is 24.3 Å². The van der Waals surface area contributed by atoms with Crippen LogP contribution in [-0.4, -0.2) is 123 Å². The van der Waals surface area contributed by atoms with Crippen LogP contribution in [0.5, 0.6) is 0 Å². The van der Waals surface area contributed by atoms with Gasteiger partial charge in [-0.3, -0.25) is 19.3 Å². The molecule has 2 saturated carbocycles. The fraction of sp³-hybridized carbons (Fsp3) is 0.553. The van der Waals surface area contributed by atoms with E-state index in [-0.39, 0.29) is 43.7 Å². The maximum atomic E-state index is 14.0. The van der Waals surface area contributed by atoms with E-state index in [1.165, 1.54) is 16.3 Å². The average molecular weight is 740 g/mol. The highest BCUT2D eigenvalue weighted by Gasteiger charge is 2.36. The number of carbonyl (C=O) groups is 4. The van der Waals surface area contributed by atoms with Crippen LogP contribution in [0, 0.1) is 11.8 Å². The molecule has 53 heavy (non-hydrogen) atoms. The molecule has 8 N–H and O–H groups in total. The molecule has 290 valence electrons. The van der Waals surface area contributed by atoms with Crippen LogP contribution in [-0.2, 0) is 20.8 Å². The monoisotopic (exact) mass is 739 g/mol. The summed E-state index contributed by atoms with van der Waals surface area (Å²) in [5.41, 5.74) is 3.29. The third kappa shape index (κ3) is 11.6. The number of hydrazone groups is 1. The molecule has 5 rings (SSSR count). The van der Waals surface area contributed by atoms with Crippen LogP contribution in [0.25, 0.3) is 0 Å². The van der Waals surface area contributed by atoms with Crippen molar-refractivity contribution in [3.05, 3.63) is 59.7 Å². The molecular formula is C38H53N5O10. The number of amides is 3. The highest BCUT2D eigenvalue weighted by atomic mass is 16.4. The summed E-state index contributed by atoms with van der Waals surface area (Å²) in [5.74, 6) is -1.26. The van der Waals surface area contributed by atoms with Gasteiger partial charge in [-0.25, -0.2) is 9.80 Å². The zero-order valence-electron chi connectivity index (χ0n) is 30.1. The Balaban J connectivity index is 0.000000413. The molecule has 15 nitrogen and oxygen atoms in total. The number of aliphatic hydroxyl groups is 5. The van der Waals surface area contributed by atoms with Crippen molar-refractivity contribution in [1.29, 1.82) is 0 Å². The molecule has 2 aromatic rings. The SMILES string of the molecule is CNC[C@H](O)[C@@H](O)[C@H](O)[C@H](O)CO.O=C(O)Cc1cccc(NC(=O)CN2N=C(C3CCCCC3)c3ccccc3N(CC(=O)C3CCCC3)C2=O)c1. The van der Waals surface area contributed by atoms with Gasteiger partial charge in [0.15, 0.2) is 5.78 Å². The van der Waals surface area contributed by atoms with Gasteiger partial charge in [0.25, 0.3) is 0 Å². The predicted molar refractivity (Wildman–Crippen MR) is 197 cm³/mol. The number of rotatable bonds is 15. The molecular weight excluding hydrogens is 686 g/mol. The second kappa shape index (κ2) is 20.3. The van der Waals surface area contributed by atoms with Gasteiger partial charge < -0.3 is 41.3 Å². The minimum Gasteiger partial charge on any atom is -0.481 e. The number of nitrogens with one attached hydrogen (secondary N) is 2. The first-order valence-electron chi connectivity index (χ1n) is 18.3. The molecule has 0 aromatic heterocycles. The molecule has 4 atom stereocenters. The van der Waals surface area contributed by atoms with Gasteiger partial charge in [0.1, 0.15) is 24.9 Å². The summed E-state index contributed by atoms with van der Waals surface area (Å²) in [6, 6.07) is 13.7. The number of ketones is 1. The molecule has 15 heteroatoms. The number of carboxylic acids is 1. The molecule has 2 aliphatic carbocycles. The number of urea groups is 1. The summed E-state index contributed by atoms with van der Waals surface area (Å²) in [6.07, 6.45) is 3.17. The van der Waals surface area contributed by atoms with Crippen LogP contribution in [0.2, 0.25) is 0 Å². The molecule has 0 saturated heterocycles. The number of anilines is 2. The topological polar surface area (TPSA) is 233 Å². The Morgan fingerprint density at radius 3 is 2.19 bits per heavy atom. The maximum Gasteiger partial charge on any atom is 0.345 e. The minimum absolute atomic E-state index is 0.0430.